The van der Waals surface area contributed by atoms with Crippen LogP contribution in [0.3, 0.4) is 0 Å². The summed E-state index contributed by atoms with van der Waals surface area (Å²) in [6, 6.07) is 5.94. The predicted molar refractivity (Wildman–Crippen MR) is 76.6 cm³/mol. The monoisotopic (exact) mass is 278 g/mol. The number of aliphatic hydroxyl groups excluding tert-OH is 1. The van der Waals surface area contributed by atoms with Gasteiger partial charge in [0.25, 0.3) is 0 Å². The van der Waals surface area contributed by atoms with Gasteiger partial charge in [0, 0.05) is 22.6 Å². The van der Waals surface area contributed by atoms with Crippen LogP contribution in [0.5, 0.6) is 0 Å². The van der Waals surface area contributed by atoms with Crippen molar-refractivity contribution in [3.8, 4) is 11.8 Å². The van der Waals surface area contributed by atoms with E-state index in [0.29, 0.717) is 6.42 Å². The molecule has 18 heavy (non-hydrogen) atoms. The summed E-state index contributed by atoms with van der Waals surface area (Å²) in [4.78, 5) is 1.29. The van der Waals surface area contributed by atoms with Gasteiger partial charge in [0.2, 0.25) is 0 Å². The molecule has 2 aromatic rings. The zero-order valence-electron chi connectivity index (χ0n) is 9.89. The lowest BCUT2D eigenvalue weighted by molar-refractivity contribution is 0.305. The highest BCUT2D eigenvalue weighted by Gasteiger charge is 2.03. The summed E-state index contributed by atoms with van der Waals surface area (Å²) < 4.78 is 5.29. The maximum atomic E-state index is 8.70. The molecule has 2 heterocycles. The summed E-state index contributed by atoms with van der Waals surface area (Å²) in [6.45, 7) is 0.125. The Morgan fingerprint density at radius 3 is 3.06 bits per heavy atom. The Kier molecular flexibility index (Phi) is 5.40. The molecule has 0 bridgehead atoms. The number of hydrogen-bond acceptors (Lipinski definition) is 4. The fraction of sp³-hybridized carbons (Fsp3) is 0.286. The molecule has 0 aromatic carbocycles. The van der Waals surface area contributed by atoms with Crippen molar-refractivity contribution >= 4 is 23.1 Å². The van der Waals surface area contributed by atoms with Crippen molar-refractivity contribution in [2.24, 2.45) is 0 Å². The van der Waals surface area contributed by atoms with Crippen molar-refractivity contribution in [2.75, 3.05) is 6.61 Å². The van der Waals surface area contributed by atoms with Crippen LogP contribution in [0, 0.1) is 11.8 Å². The fourth-order valence-electron chi connectivity index (χ4n) is 1.42. The lowest BCUT2D eigenvalue weighted by Crippen LogP contribution is -1.82. The Balaban J connectivity index is 1.86. The maximum Gasteiger partial charge on any atom is 0.113 e. The Morgan fingerprint density at radius 2 is 2.28 bits per heavy atom. The average molecular weight is 278 g/mol. The molecule has 4 heteroatoms. The third kappa shape index (κ3) is 3.95. The van der Waals surface area contributed by atoms with Gasteiger partial charge < -0.3 is 9.52 Å². The third-order valence-corrected chi connectivity index (χ3v) is 4.35. The largest absolute Gasteiger partial charge is 0.468 e. The first kappa shape index (κ1) is 13.3. The summed E-state index contributed by atoms with van der Waals surface area (Å²) in [5.74, 6) is 8.90. The minimum Gasteiger partial charge on any atom is -0.468 e. The van der Waals surface area contributed by atoms with E-state index in [0.717, 1.165) is 22.8 Å². The van der Waals surface area contributed by atoms with Crippen LogP contribution < -0.4 is 0 Å². The average Bonchev–Trinajstić information content (AvgIpc) is 3.02. The van der Waals surface area contributed by atoms with Crippen molar-refractivity contribution in [2.45, 2.75) is 17.9 Å². The van der Waals surface area contributed by atoms with E-state index in [-0.39, 0.29) is 6.61 Å². The molecule has 0 spiro atoms. The highest BCUT2D eigenvalue weighted by atomic mass is 32.2. The van der Waals surface area contributed by atoms with E-state index in [9.17, 15) is 0 Å². The van der Waals surface area contributed by atoms with Crippen molar-refractivity contribution in [3.05, 3.63) is 46.0 Å². The molecule has 1 N–H and O–H groups in total. The molecule has 0 atom stereocenters. The smallest absolute Gasteiger partial charge is 0.113 e. The van der Waals surface area contributed by atoms with Gasteiger partial charge in [-0.25, -0.2) is 0 Å². The van der Waals surface area contributed by atoms with Gasteiger partial charge in [0.15, 0.2) is 0 Å². The van der Waals surface area contributed by atoms with Crippen LogP contribution in [0.25, 0.3) is 0 Å². The topological polar surface area (TPSA) is 33.4 Å². The van der Waals surface area contributed by atoms with Crippen LogP contribution in [-0.2, 0) is 11.5 Å². The number of thioether (sulfide) groups is 1. The summed E-state index contributed by atoms with van der Waals surface area (Å²) in [5, 5.41) is 10.8. The van der Waals surface area contributed by atoms with Crippen molar-refractivity contribution in [3.63, 3.8) is 0 Å². The first-order valence-corrected chi connectivity index (χ1v) is 7.70. The van der Waals surface area contributed by atoms with E-state index in [2.05, 4.69) is 17.2 Å². The first-order valence-electron chi connectivity index (χ1n) is 5.66. The zero-order chi connectivity index (χ0) is 12.6. The van der Waals surface area contributed by atoms with Gasteiger partial charge in [-0.2, -0.15) is 0 Å². The standard InChI is InChI=1S/C14H14O2S2/c15-7-2-1-4-12-6-9-18-14(12)11-17-10-13-5-3-8-16-13/h3,5-6,8-9,15H,2,7,10-11H2. The van der Waals surface area contributed by atoms with E-state index >= 15 is 0 Å². The van der Waals surface area contributed by atoms with Gasteiger partial charge in [-0.1, -0.05) is 11.8 Å². The zero-order valence-corrected chi connectivity index (χ0v) is 11.5. The lowest BCUT2D eigenvalue weighted by Gasteiger charge is -1.98. The molecule has 2 aromatic heterocycles. The van der Waals surface area contributed by atoms with Gasteiger partial charge in [-0.3, -0.25) is 0 Å². The highest BCUT2D eigenvalue weighted by Crippen LogP contribution is 2.24. The van der Waals surface area contributed by atoms with Crippen LogP contribution in [-0.4, -0.2) is 11.7 Å². The van der Waals surface area contributed by atoms with Crippen molar-refractivity contribution < 1.29 is 9.52 Å². The maximum absolute atomic E-state index is 8.70. The molecule has 0 aliphatic carbocycles. The van der Waals surface area contributed by atoms with E-state index < -0.39 is 0 Å². The minimum absolute atomic E-state index is 0.125. The molecular weight excluding hydrogens is 264 g/mol. The quantitative estimate of drug-likeness (QED) is 0.850. The molecule has 0 aliphatic rings. The van der Waals surface area contributed by atoms with Gasteiger partial charge >= 0.3 is 0 Å². The number of thiophene rings is 1. The van der Waals surface area contributed by atoms with Crippen LogP contribution >= 0.6 is 23.1 Å². The number of hydrogen-bond donors (Lipinski definition) is 1. The molecule has 0 radical (unpaired) electrons. The molecule has 0 saturated carbocycles. The summed E-state index contributed by atoms with van der Waals surface area (Å²) in [7, 11) is 0. The molecular formula is C14H14O2S2. The summed E-state index contributed by atoms with van der Waals surface area (Å²) in [6.07, 6.45) is 2.24. The molecule has 0 unspecified atom stereocenters. The number of rotatable bonds is 5. The van der Waals surface area contributed by atoms with Gasteiger partial charge in [0.05, 0.1) is 18.6 Å². The molecule has 0 amide bonds. The SMILES string of the molecule is OCCC#Cc1ccsc1CSCc1ccco1. The second-order valence-electron chi connectivity index (χ2n) is 3.60. The van der Waals surface area contributed by atoms with Crippen LogP contribution in [0.15, 0.2) is 34.3 Å². The van der Waals surface area contributed by atoms with Gasteiger partial charge in [-0.15, -0.1) is 23.1 Å². The second kappa shape index (κ2) is 7.32. The molecule has 2 nitrogen and oxygen atoms in total. The van der Waals surface area contributed by atoms with Crippen molar-refractivity contribution in [1.29, 1.82) is 0 Å². The normalized spacial score (nSPS) is 10.1. The molecule has 0 aliphatic heterocycles. The van der Waals surface area contributed by atoms with E-state index in [1.165, 1.54) is 4.88 Å². The van der Waals surface area contributed by atoms with E-state index in [4.69, 9.17) is 9.52 Å². The van der Waals surface area contributed by atoms with Crippen LogP contribution in [0.1, 0.15) is 22.6 Å². The highest BCUT2D eigenvalue weighted by molar-refractivity contribution is 7.97. The number of furan rings is 1. The second-order valence-corrected chi connectivity index (χ2v) is 5.59. The first-order chi connectivity index (χ1) is 8.90. The summed E-state index contributed by atoms with van der Waals surface area (Å²) >= 11 is 3.55. The molecule has 0 saturated heterocycles. The Morgan fingerprint density at radius 1 is 1.33 bits per heavy atom. The van der Waals surface area contributed by atoms with Crippen molar-refractivity contribution in [1.82, 2.24) is 0 Å². The predicted octanol–water partition coefficient (Wildman–Crippen LogP) is 3.51. The van der Waals surface area contributed by atoms with E-state index in [1.54, 1.807) is 17.6 Å². The Hall–Kier alpha value is -1.15. The third-order valence-electron chi connectivity index (χ3n) is 2.26. The molecule has 0 fully saturated rings. The Bertz CT molecular complexity index is 517. The summed E-state index contributed by atoms with van der Waals surface area (Å²) in [5.41, 5.74) is 1.08. The molecule has 94 valence electrons. The molecule has 2 rings (SSSR count). The van der Waals surface area contributed by atoms with Crippen LogP contribution in [0.2, 0.25) is 0 Å². The van der Waals surface area contributed by atoms with Gasteiger partial charge in [-0.05, 0) is 23.6 Å². The van der Waals surface area contributed by atoms with Crippen LogP contribution in [0.4, 0.5) is 0 Å². The number of aliphatic hydroxyl groups is 1. The minimum atomic E-state index is 0.125. The lowest BCUT2D eigenvalue weighted by atomic mass is 10.2. The van der Waals surface area contributed by atoms with E-state index in [1.807, 2.05) is 30.0 Å². The Labute approximate surface area is 115 Å². The fourth-order valence-corrected chi connectivity index (χ4v) is 3.36. The van der Waals surface area contributed by atoms with Gasteiger partial charge in [0.1, 0.15) is 5.76 Å².